The van der Waals surface area contributed by atoms with Gasteiger partial charge in [-0.3, -0.25) is 4.79 Å². The quantitative estimate of drug-likeness (QED) is 0.452. The van der Waals surface area contributed by atoms with Crippen molar-refractivity contribution in [2.45, 2.75) is 62.3 Å². The van der Waals surface area contributed by atoms with Crippen LogP contribution in [-0.4, -0.2) is 43.0 Å². The van der Waals surface area contributed by atoms with Gasteiger partial charge < -0.3 is 15.1 Å². The summed E-state index contributed by atoms with van der Waals surface area (Å²) in [6.45, 7) is 10.9. The predicted octanol–water partition coefficient (Wildman–Crippen LogP) is 6.36. The van der Waals surface area contributed by atoms with Crippen molar-refractivity contribution in [3.63, 3.8) is 0 Å². The normalized spacial score (nSPS) is 16.3. The number of nitrogens with one attached hydrogen (secondary N) is 1. The molecular weight excluding hydrogens is 438 g/mol. The van der Waals surface area contributed by atoms with Gasteiger partial charge >= 0.3 is 0 Å². The van der Waals surface area contributed by atoms with Gasteiger partial charge in [-0.25, -0.2) is 0 Å². The largest absolute Gasteiger partial charge is 0.352 e. The Balaban J connectivity index is 0.00000289. The minimum atomic E-state index is 0. The highest BCUT2D eigenvalue weighted by Gasteiger charge is 2.29. The fraction of sp³-hybridized carbons (Fsp3) is 0.500. The Bertz CT molecular complexity index is 914. The van der Waals surface area contributed by atoms with Crippen LogP contribution in [0.25, 0.3) is 0 Å². The summed E-state index contributed by atoms with van der Waals surface area (Å²) in [4.78, 5) is 20.4. The molecule has 174 valence electrons. The highest BCUT2D eigenvalue weighted by atomic mass is 35.5. The zero-order valence-corrected chi connectivity index (χ0v) is 21.1. The third-order valence-electron chi connectivity index (χ3n) is 6.23. The molecule has 0 bridgehead atoms. The first-order chi connectivity index (χ1) is 15.0. The van der Waals surface area contributed by atoms with Gasteiger partial charge in [-0.05, 0) is 81.9 Å². The molecule has 1 fully saturated rings. The molecule has 1 atom stereocenters. The van der Waals surface area contributed by atoms with Crippen LogP contribution in [0, 0.1) is 5.92 Å². The molecule has 1 amide bonds. The van der Waals surface area contributed by atoms with Gasteiger partial charge in [-0.2, -0.15) is 0 Å². The molecule has 2 aromatic carbocycles. The molecule has 2 aliphatic rings. The Morgan fingerprint density at radius 1 is 1.03 bits per heavy atom. The number of benzene rings is 2. The van der Waals surface area contributed by atoms with Crippen molar-refractivity contribution in [2.75, 3.05) is 31.1 Å². The number of carbonyl (C=O) groups excluding carboxylic acids is 1. The molecule has 1 saturated heterocycles. The maximum atomic E-state index is 12.8. The second-order valence-electron chi connectivity index (χ2n) is 9.27. The van der Waals surface area contributed by atoms with Crippen LogP contribution in [0.1, 0.15) is 56.8 Å². The van der Waals surface area contributed by atoms with Crippen molar-refractivity contribution >= 4 is 41.5 Å². The second-order valence-corrected chi connectivity index (χ2v) is 10.4. The molecule has 2 aromatic rings. The van der Waals surface area contributed by atoms with E-state index in [1.165, 1.54) is 41.4 Å². The van der Waals surface area contributed by atoms with E-state index in [0.29, 0.717) is 12.0 Å². The van der Waals surface area contributed by atoms with E-state index < -0.39 is 0 Å². The molecule has 4 rings (SSSR count). The number of amides is 1. The Kier molecular flexibility index (Phi) is 8.92. The molecule has 1 N–H and O–H groups in total. The minimum absolute atomic E-state index is 0. The highest BCUT2D eigenvalue weighted by molar-refractivity contribution is 7.99. The average Bonchev–Trinajstić information content (AvgIpc) is 3.27. The summed E-state index contributed by atoms with van der Waals surface area (Å²) in [5.41, 5.74) is 3.16. The summed E-state index contributed by atoms with van der Waals surface area (Å²) < 4.78 is 0. The van der Waals surface area contributed by atoms with Crippen molar-refractivity contribution in [1.82, 2.24) is 10.2 Å². The van der Waals surface area contributed by atoms with Crippen LogP contribution in [0.15, 0.2) is 52.3 Å². The van der Waals surface area contributed by atoms with Gasteiger partial charge in [0.25, 0.3) is 5.91 Å². The maximum Gasteiger partial charge on any atom is 0.251 e. The van der Waals surface area contributed by atoms with Crippen molar-refractivity contribution in [3.05, 3.63) is 48.0 Å². The number of hydrogen-bond acceptors (Lipinski definition) is 4. The number of anilines is 2. The number of fused-ring (bicyclic) bond motifs is 2. The lowest BCUT2D eigenvalue weighted by Gasteiger charge is -2.39. The van der Waals surface area contributed by atoms with Gasteiger partial charge in [0.15, 0.2) is 0 Å². The average molecular weight is 474 g/mol. The number of carbonyl (C=O) groups is 1. The molecule has 0 aliphatic carbocycles. The number of rotatable bonds is 8. The smallest absolute Gasteiger partial charge is 0.251 e. The highest BCUT2D eigenvalue weighted by Crippen LogP contribution is 2.49. The van der Waals surface area contributed by atoms with Gasteiger partial charge in [0.05, 0.1) is 11.4 Å². The molecule has 0 aromatic heterocycles. The molecule has 6 heteroatoms. The van der Waals surface area contributed by atoms with E-state index in [9.17, 15) is 4.79 Å². The monoisotopic (exact) mass is 473 g/mol. The van der Waals surface area contributed by atoms with E-state index >= 15 is 0 Å². The molecule has 4 nitrogen and oxygen atoms in total. The number of hydrogen-bond donors (Lipinski definition) is 1. The van der Waals surface area contributed by atoms with Crippen LogP contribution >= 0.6 is 24.2 Å². The van der Waals surface area contributed by atoms with Gasteiger partial charge in [-0.15, -0.1) is 12.4 Å². The van der Waals surface area contributed by atoms with E-state index in [4.69, 9.17) is 0 Å². The number of nitrogens with zero attached hydrogens (tertiary/aromatic N) is 2. The summed E-state index contributed by atoms with van der Waals surface area (Å²) in [7, 11) is 0. The summed E-state index contributed by atoms with van der Waals surface area (Å²) >= 11 is 1.80. The van der Waals surface area contributed by atoms with E-state index in [1.54, 1.807) is 11.8 Å². The standard InChI is InChI=1S/C26H35N3OS.ClH/c1-19(2)9-8-14-27-26(30)21-12-13-25-23(17-21)29(20(3)18-28-15-6-7-16-28)22-10-4-5-11-24(22)31-25;/h4-5,10-13,17,19-20H,6-9,14-16,18H2,1-3H3,(H,27,30);1H. The van der Waals surface area contributed by atoms with Gasteiger partial charge in [-0.1, -0.05) is 37.7 Å². The van der Waals surface area contributed by atoms with Crippen molar-refractivity contribution < 1.29 is 4.79 Å². The zero-order valence-electron chi connectivity index (χ0n) is 19.5. The molecular formula is C26H36ClN3OS. The summed E-state index contributed by atoms with van der Waals surface area (Å²) in [6.07, 6.45) is 4.77. The van der Waals surface area contributed by atoms with Crippen LogP contribution in [0.3, 0.4) is 0 Å². The lowest BCUT2D eigenvalue weighted by atomic mass is 10.1. The molecule has 0 saturated carbocycles. The molecule has 0 radical (unpaired) electrons. The number of para-hydroxylation sites is 1. The fourth-order valence-electron chi connectivity index (χ4n) is 4.63. The zero-order chi connectivity index (χ0) is 21.8. The predicted molar refractivity (Wildman–Crippen MR) is 138 cm³/mol. The summed E-state index contributed by atoms with van der Waals surface area (Å²) in [5, 5.41) is 3.11. The third kappa shape index (κ3) is 5.81. The van der Waals surface area contributed by atoms with Crippen LogP contribution in [0.4, 0.5) is 11.4 Å². The van der Waals surface area contributed by atoms with Gasteiger partial charge in [0.1, 0.15) is 0 Å². The SMILES string of the molecule is CC(C)CCCNC(=O)c1ccc2c(c1)N(C(C)CN1CCCC1)c1ccccc1S2.Cl. The van der Waals surface area contributed by atoms with Crippen molar-refractivity contribution in [3.8, 4) is 0 Å². The topological polar surface area (TPSA) is 35.6 Å². The molecule has 2 aliphatic heterocycles. The van der Waals surface area contributed by atoms with Gasteiger partial charge in [0, 0.05) is 34.5 Å². The van der Waals surface area contributed by atoms with Crippen LogP contribution in [0.5, 0.6) is 0 Å². The van der Waals surface area contributed by atoms with E-state index in [0.717, 1.165) is 37.2 Å². The lowest BCUT2D eigenvalue weighted by Crippen LogP contribution is -2.40. The van der Waals surface area contributed by atoms with Crippen LogP contribution < -0.4 is 10.2 Å². The third-order valence-corrected chi connectivity index (χ3v) is 7.36. The molecule has 2 heterocycles. The van der Waals surface area contributed by atoms with E-state index in [1.807, 2.05) is 6.07 Å². The second kappa shape index (κ2) is 11.4. The summed E-state index contributed by atoms with van der Waals surface area (Å²) in [5.74, 6) is 0.700. The minimum Gasteiger partial charge on any atom is -0.352 e. The fourth-order valence-corrected chi connectivity index (χ4v) is 5.69. The van der Waals surface area contributed by atoms with E-state index in [-0.39, 0.29) is 18.3 Å². The number of likely N-dealkylation sites (tertiary alicyclic amines) is 1. The van der Waals surface area contributed by atoms with Crippen LogP contribution in [-0.2, 0) is 0 Å². The first-order valence-corrected chi connectivity index (χ1v) is 12.6. The Labute approximate surface area is 203 Å². The Morgan fingerprint density at radius 3 is 2.50 bits per heavy atom. The first kappa shape index (κ1) is 24.9. The Hall–Kier alpha value is -1.69. The molecule has 1 unspecified atom stereocenters. The van der Waals surface area contributed by atoms with Crippen LogP contribution in [0.2, 0.25) is 0 Å². The molecule has 32 heavy (non-hydrogen) atoms. The van der Waals surface area contributed by atoms with Crippen molar-refractivity contribution in [1.29, 1.82) is 0 Å². The maximum absolute atomic E-state index is 12.8. The first-order valence-electron chi connectivity index (χ1n) is 11.7. The van der Waals surface area contributed by atoms with Gasteiger partial charge in [0.2, 0.25) is 0 Å². The lowest BCUT2D eigenvalue weighted by molar-refractivity contribution is 0.0952. The Morgan fingerprint density at radius 2 is 1.75 bits per heavy atom. The van der Waals surface area contributed by atoms with E-state index in [2.05, 4.69) is 72.3 Å². The van der Waals surface area contributed by atoms with Crippen molar-refractivity contribution in [2.24, 2.45) is 5.92 Å². The number of halogens is 1. The summed E-state index contributed by atoms with van der Waals surface area (Å²) in [6, 6.07) is 15.2. The molecule has 0 spiro atoms.